The summed E-state index contributed by atoms with van der Waals surface area (Å²) in [4.78, 5) is 20.0. The minimum Gasteiger partial charge on any atom is -0.494 e. The Morgan fingerprint density at radius 1 is 1.14 bits per heavy atom. The number of ether oxygens (including phenoxy) is 1. The number of nitrogens with zero attached hydrogens (tertiary/aromatic N) is 2. The molecule has 0 saturated carbocycles. The summed E-state index contributed by atoms with van der Waals surface area (Å²) in [5.74, 6) is 1.90. The maximum Gasteiger partial charge on any atom is 0.263 e. The number of furan rings is 1. The summed E-state index contributed by atoms with van der Waals surface area (Å²) < 4.78 is 12.1. The van der Waals surface area contributed by atoms with Crippen LogP contribution in [0.15, 0.2) is 52.9 Å². The Balaban J connectivity index is 1.84. The first-order valence-electron chi connectivity index (χ1n) is 9.35. The first-order valence-corrected chi connectivity index (χ1v) is 10.2. The summed E-state index contributed by atoms with van der Waals surface area (Å²) >= 11 is 1.50. The number of benzene rings is 2. The predicted octanol–water partition coefficient (Wildman–Crippen LogP) is 5.67. The van der Waals surface area contributed by atoms with Gasteiger partial charge in [0.2, 0.25) is 0 Å². The predicted molar refractivity (Wildman–Crippen MR) is 116 cm³/mol. The number of methoxy groups -OCH3 is 1. The molecule has 0 N–H and O–H groups in total. The molecule has 4 rings (SSSR count). The van der Waals surface area contributed by atoms with Crippen molar-refractivity contribution in [2.45, 2.75) is 27.3 Å². The highest BCUT2D eigenvalue weighted by Crippen LogP contribution is 2.37. The molecule has 0 aliphatic rings. The lowest BCUT2D eigenvalue weighted by Gasteiger charge is -2.19. The molecule has 4 aromatic rings. The van der Waals surface area contributed by atoms with Crippen LogP contribution in [0, 0.1) is 20.8 Å². The second-order valence-corrected chi connectivity index (χ2v) is 7.94. The van der Waals surface area contributed by atoms with Gasteiger partial charge in [-0.05, 0) is 44.0 Å². The van der Waals surface area contributed by atoms with E-state index in [0.717, 1.165) is 21.3 Å². The van der Waals surface area contributed by atoms with Gasteiger partial charge >= 0.3 is 0 Å². The van der Waals surface area contributed by atoms with Crippen molar-refractivity contribution in [3.63, 3.8) is 0 Å². The summed E-state index contributed by atoms with van der Waals surface area (Å²) in [5, 5.41) is 0.639. The quantitative estimate of drug-likeness (QED) is 0.428. The van der Waals surface area contributed by atoms with Gasteiger partial charge in [0, 0.05) is 0 Å². The number of thiazole rings is 1. The number of hydrogen-bond donors (Lipinski definition) is 0. The van der Waals surface area contributed by atoms with Crippen LogP contribution in [0.2, 0.25) is 0 Å². The molecule has 1 amide bonds. The maximum atomic E-state index is 13.5. The molecule has 0 bridgehead atoms. The van der Waals surface area contributed by atoms with E-state index < -0.39 is 0 Å². The molecular formula is C23H22N2O3S. The average Bonchev–Trinajstić information content (AvgIpc) is 3.30. The second-order valence-electron chi connectivity index (χ2n) is 6.96. The number of carbonyl (C=O) groups is 1. The molecule has 148 valence electrons. The van der Waals surface area contributed by atoms with Gasteiger partial charge in [0.25, 0.3) is 5.91 Å². The van der Waals surface area contributed by atoms with Crippen LogP contribution in [0.1, 0.15) is 33.0 Å². The second kappa shape index (κ2) is 7.72. The molecule has 0 aliphatic heterocycles. The van der Waals surface area contributed by atoms with E-state index in [1.807, 2.05) is 63.2 Å². The van der Waals surface area contributed by atoms with Crippen molar-refractivity contribution >= 4 is 32.6 Å². The topological polar surface area (TPSA) is 55.6 Å². The van der Waals surface area contributed by atoms with E-state index in [2.05, 4.69) is 0 Å². The van der Waals surface area contributed by atoms with Gasteiger partial charge in [0.1, 0.15) is 22.8 Å². The van der Waals surface area contributed by atoms with Gasteiger partial charge in [-0.3, -0.25) is 9.69 Å². The minimum atomic E-state index is -0.126. The fourth-order valence-electron chi connectivity index (χ4n) is 3.36. The van der Waals surface area contributed by atoms with Crippen molar-refractivity contribution in [3.8, 4) is 5.75 Å². The van der Waals surface area contributed by atoms with Crippen molar-refractivity contribution in [1.82, 2.24) is 4.98 Å². The summed E-state index contributed by atoms with van der Waals surface area (Å²) in [6, 6.07) is 15.6. The SMILES string of the molecule is COc1ccc(C)c2sc(N(Cc3ccccc3)C(=O)c3cc(C)oc3C)nc12. The third-order valence-corrected chi connectivity index (χ3v) is 6.06. The molecule has 0 saturated heterocycles. The van der Waals surface area contributed by atoms with Gasteiger partial charge in [-0.1, -0.05) is 47.7 Å². The molecule has 0 spiro atoms. The molecule has 2 aromatic heterocycles. The molecule has 0 fully saturated rings. The van der Waals surface area contributed by atoms with Crippen LogP contribution in [0.4, 0.5) is 5.13 Å². The van der Waals surface area contributed by atoms with Crippen molar-refractivity contribution in [2.75, 3.05) is 12.0 Å². The van der Waals surface area contributed by atoms with E-state index in [9.17, 15) is 4.79 Å². The summed E-state index contributed by atoms with van der Waals surface area (Å²) in [5.41, 5.74) is 3.47. The third kappa shape index (κ3) is 3.63. The Morgan fingerprint density at radius 3 is 2.55 bits per heavy atom. The van der Waals surface area contributed by atoms with Gasteiger partial charge < -0.3 is 9.15 Å². The van der Waals surface area contributed by atoms with Crippen LogP contribution in [0.5, 0.6) is 5.75 Å². The third-order valence-electron chi connectivity index (χ3n) is 4.84. The Labute approximate surface area is 173 Å². The van der Waals surface area contributed by atoms with E-state index in [1.165, 1.54) is 11.3 Å². The summed E-state index contributed by atoms with van der Waals surface area (Å²) in [6.07, 6.45) is 0. The Kier molecular flexibility index (Phi) is 5.11. The van der Waals surface area contributed by atoms with Crippen LogP contribution < -0.4 is 9.64 Å². The summed E-state index contributed by atoms with van der Waals surface area (Å²) in [6.45, 7) is 6.12. The van der Waals surface area contributed by atoms with E-state index >= 15 is 0 Å². The highest BCUT2D eigenvalue weighted by Gasteiger charge is 2.26. The zero-order chi connectivity index (χ0) is 20.5. The highest BCUT2D eigenvalue weighted by molar-refractivity contribution is 7.22. The Bertz CT molecular complexity index is 1180. The van der Waals surface area contributed by atoms with E-state index in [0.29, 0.717) is 34.5 Å². The first-order chi connectivity index (χ1) is 14.0. The highest BCUT2D eigenvalue weighted by atomic mass is 32.1. The number of amides is 1. The van der Waals surface area contributed by atoms with Crippen molar-refractivity contribution in [2.24, 2.45) is 0 Å². The van der Waals surface area contributed by atoms with Gasteiger partial charge in [-0.15, -0.1) is 0 Å². The van der Waals surface area contributed by atoms with Gasteiger partial charge in [-0.25, -0.2) is 4.98 Å². The van der Waals surface area contributed by atoms with Crippen molar-refractivity contribution < 1.29 is 13.9 Å². The normalized spacial score (nSPS) is 11.0. The molecule has 29 heavy (non-hydrogen) atoms. The van der Waals surface area contributed by atoms with E-state index in [1.54, 1.807) is 18.1 Å². The lowest BCUT2D eigenvalue weighted by molar-refractivity contribution is 0.0983. The van der Waals surface area contributed by atoms with Crippen molar-refractivity contribution in [1.29, 1.82) is 0 Å². The fraction of sp³-hybridized carbons (Fsp3) is 0.217. The molecule has 0 atom stereocenters. The molecule has 6 heteroatoms. The van der Waals surface area contributed by atoms with Gasteiger partial charge in [-0.2, -0.15) is 0 Å². The smallest absolute Gasteiger partial charge is 0.263 e. The molecule has 0 aliphatic carbocycles. The number of fused-ring (bicyclic) bond motifs is 1. The lowest BCUT2D eigenvalue weighted by Crippen LogP contribution is -2.30. The van der Waals surface area contributed by atoms with Crippen LogP contribution in [-0.4, -0.2) is 18.0 Å². The number of rotatable bonds is 5. The number of anilines is 1. The summed E-state index contributed by atoms with van der Waals surface area (Å²) in [7, 11) is 1.63. The van der Waals surface area contributed by atoms with Crippen LogP contribution in [-0.2, 0) is 6.54 Å². The first kappa shape index (κ1) is 19.2. The average molecular weight is 407 g/mol. The molecule has 2 heterocycles. The molecule has 0 unspecified atom stereocenters. The molecule has 5 nitrogen and oxygen atoms in total. The van der Waals surface area contributed by atoms with Crippen molar-refractivity contribution in [3.05, 3.63) is 76.7 Å². The molecular weight excluding hydrogens is 384 g/mol. The van der Waals surface area contributed by atoms with Crippen LogP contribution in [0.3, 0.4) is 0 Å². The number of aryl methyl sites for hydroxylation is 3. The van der Waals surface area contributed by atoms with Crippen LogP contribution in [0.25, 0.3) is 10.2 Å². The number of aromatic nitrogens is 1. The lowest BCUT2D eigenvalue weighted by atomic mass is 10.2. The van der Waals surface area contributed by atoms with Gasteiger partial charge in [0.15, 0.2) is 5.13 Å². The zero-order valence-electron chi connectivity index (χ0n) is 16.9. The number of carbonyl (C=O) groups excluding carboxylic acids is 1. The largest absolute Gasteiger partial charge is 0.494 e. The fourth-order valence-corrected chi connectivity index (χ4v) is 4.41. The molecule has 0 radical (unpaired) electrons. The van der Waals surface area contributed by atoms with E-state index in [4.69, 9.17) is 14.1 Å². The monoisotopic (exact) mass is 406 g/mol. The van der Waals surface area contributed by atoms with Gasteiger partial charge in [0.05, 0.1) is 23.9 Å². The van der Waals surface area contributed by atoms with E-state index in [-0.39, 0.29) is 5.91 Å². The molecule has 2 aromatic carbocycles. The minimum absolute atomic E-state index is 0.126. The zero-order valence-corrected chi connectivity index (χ0v) is 17.7. The number of hydrogen-bond acceptors (Lipinski definition) is 5. The van der Waals surface area contributed by atoms with Crippen LogP contribution >= 0.6 is 11.3 Å². The Morgan fingerprint density at radius 2 is 1.90 bits per heavy atom. The Hall–Kier alpha value is -3.12. The standard InChI is InChI=1S/C23H22N2O3S/c1-14-10-11-19(27-4)20-21(14)29-23(24-20)25(13-17-8-6-5-7-9-17)22(26)18-12-15(2)28-16(18)3/h5-12H,13H2,1-4H3. The maximum absolute atomic E-state index is 13.5.